The van der Waals surface area contributed by atoms with E-state index >= 15 is 0 Å². The smallest absolute Gasteiger partial charge is 0.279 e. The van der Waals surface area contributed by atoms with Gasteiger partial charge in [0.15, 0.2) is 17.2 Å². The van der Waals surface area contributed by atoms with Crippen LogP contribution in [0.5, 0.6) is 11.5 Å². The Morgan fingerprint density at radius 2 is 1.52 bits per heavy atom. The molecule has 0 saturated carbocycles. The molecule has 7 nitrogen and oxygen atoms in total. The van der Waals surface area contributed by atoms with Crippen LogP contribution in [0.25, 0.3) is 16.5 Å². The quantitative estimate of drug-likeness (QED) is 0.484. The minimum absolute atomic E-state index is 0.212. The number of rotatable bonds is 4. The lowest BCUT2D eigenvalue weighted by Crippen LogP contribution is -2.38. The maximum atomic E-state index is 13.7. The van der Waals surface area contributed by atoms with Gasteiger partial charge in [-0.1, -0.05) is 36.4 Å². The maximum Gasteiger partial charge on any atom is 0.279 e. The number of methoxy groups -OCH3 is 2. The van der Waals surface area contributed by atoms with Crippen molar-refractivity contribution in [2.24, 2.45) is 0 Å². The Bertz CT molecular complexity index is 1410. The van der Waals surface area contributed by atoms with Crippen molar-refractivity contribution in [3.63, 3.8) is 0 Å². The number of fused-ring (bicyclic) bond motifs is 2. The van der Waals surface area contributed by atoms with Crippen molar-refractivity contribution in [2.75, 3.05) is 20.8 Å². The number of nitrogens with zero attached hydrogens (tertiary/aromatic N) is 3. The number of amides is 1. The van der Waals surface area contributed by atoms with Gasteiger partial charge in [-0.3, -0.25) is 9.59 Å². The summed E-state index contributed by atoms with van der Waals surface area (Å²) in [6.45, 7) is 0.969. The predicted octanol–water partition coefficient (Wildman–Crippen LogP) is 3.60. The van der Waals surface area contributed by atoms with Crippen LogP contribution in [-0.4, -0.2) is 41.4 Å². The van der Waals surface area contributed by atoms with Gasteiger partial charge in [0.1, 0.15) is 0 Å². The van der Waals surface area contributed by atoms with Crippen LogP contribution >= 0.6 is 0 Å². The largest absolute Gasteiger partial charge is 0.493 e. The van der Waals surface area contributed by atoms with Crippen molar-refractivity contribution in [1.82, 2.24) is 14.7 Å². The molecular weight excluding hydrogens is 418 g/mol. The molecule has 0 radical (unpaired) electrons. The van der Waals surface area contributed by atoms with Crippen LogP contribution in [0.2, 0.25) is 0 Å². The van der Waals surface area contributed by atoms with Crippen LogP contribution in [0.4, 0.5) is 0 Å². The Labute approximate surface area is 190 Å². The molecule has 2 heterocycles. The number of para-hydroxylation sites is 1. The zero-order valence-corrected chi connectivity index (χ0v) is 18.4. The number of benzene rings is 3. The van der Waals surface area contributed by atoms with Gasteiger partial charge in [0.2, 0.25) is 0 Å². The molecule has 3 aromatic carbocycles. The molecule has 0 bridgehead atoms. The van der Waals surface area contributed by atoms with Crippen LogP contribution in [0.1, 0.15) is 21.6 Å². The summed E-state index contributed by atoms with van der Waals surface area (Å²) < 4.78 is 12.2. The van der Waals surface area contributed by atoms with E-state index in [0.717, 1.165) is 11.1 Å². The number of ether oxygens (including phenoxy) is 2. The summed E-state index contributed by atoms with van der Waals surface area (Å²) in [6, 6.07) is 20.2. The lowest BCUT2D eigenvalue weighted by Gasteiger charge is -2.29. The van der Waals surface area contributed by atoms with Crippen LogP contribution in [-0.2, 0) is 13.0 Å². The Balaban J connectivity index is 1.58. The standard InChI is InChI=1S/C26H23N3O4/c1-32-22-14-17-12-13-28(16-18(17)15-23(22)33-2)26(31)24-20-10-6-7-11-21(20)25(30)29(27-24)19-8-4-3-5-9-19/h3-11,14-15H,12-13,16H2,1-2H3. The third kappa shape index (κ3) is 3.61. The molecule has 1 aromatic heterocycles. The second-order valence-electron chi connectivity index (χ2n) is 7.90. The van der Waals surface area contributed by atoms with E-state index < -0.39 is 0 Å². The fraction of sp³-hybridized carbons (Fsp3) is 0.192. The van der Waals surface area contributed by atoms with Gasteiger partial charge in [0.25, 0.3) is 11.5 Å². The third-order valence-electron chi connectivity index (χ3n) is 6.01. The summed E-state index contributed by atoms with van der Waals surface area (Å²) in [5.41, 5.74) is 2.76. The first kappa shape index (κ1) is 20.8. The average molecular weight is 441 g/mol. The number of carbonyl (C=O) groups excluding carboxylic acids is 1. The Hall–Kier alpha value is -4.13. The molecule has 1 amide bonds. The van der Waals surface area contributed by atoms with Gasteiger partial charge < -0.3 is 14.4 Å². The Morgan fingerprint density at radius 3 is 2.21 bits per heavy atom. The van der Waals surface area contributed by atoms with Gasteiger partial charge in [0.05, 0.1) is 25.3 Å². The van der Waals surface area contributed by atoms with Crippen molar-refractivity contribution < 1.29 is 14.3 Å². The highest BCUT2D eigenvalue weighted by Gasteiger charge is 2.27. The molecule has 0 N–H and O–H groups in total. The van der Waals surface area contributed by atoms with E-state index in [2.05, 4.69) is 5.10 Å². The summed E-state index contributed by atoms with van der Waals surface area (Å²) in [7, 11) is 3.21. The summed E-state index contributed by atoms with van der Waals surface area (Å²) in [4.78, 5) is 28.6. The van der Waals surface area contributed by atoms with E-state index in [1.54, 1.807) is 49.5 Å². The highest BCUT2D eigenvalue weighted by molar-refractivity contribution is 6.05. The van der Waals surface area contributed by atoms with Crippen LogP contribution in [0.15, 0.2) is 71.5 Å². The second-order valence-corrected chi connectivity index (χ2v) is 7.90. The van der Waals surface area contributed by atoms with Gasteiger partial charge in [-0.25, -0.2) is 0 Å². The number of hydrogen-bond donors (Lipinski definition) is 0. The van der Waals surface area contributed by atoms with E-state index in [-0.39, 0.29) is 17.2 Å². The van der Waals surface area contributed by atoms with Gasteiger partial charge in [-0.05, 0) is 47.9 Å². The maximum absolute atomic E-state index is 13.7. The molecule has 0 fully saturated rings. The lowest BCUT2D eigenvalue weighted by atomic mass is 9.98. The van der Waals surface area contributed by atoms with Crippen LogP contribution in [0.3, 0.4) is 0 Å². The molecular formula is C26H23N3O4. The SMILES string of the molecule is COc1cc2c(cc1OC)CN(C(=O)c1nn(-c3ccccc3)c(=O)c3ccccc13)CC2. The highest BCUT2D eigenvalue weighted by atomic mass is 16.5. The number of hydrogen-bond acceptors (Lipinski definition) is 5. The highest BCUT2D eigenvalue weighted by Crippen LogP contribution is 2.33. The fourth-order valence-corrected chi connectivity index (χ4v) is 4.30. The molecule has 0 atom stereocenters. The van der Waals surface area contributed by atoms with Crippen LogP contribution in [0, 0.1) is 0 Å². The first-order valence-electron chi connectivity index (χ1n) is 10.7. The molecule has 4 aromatic rings. The molecule has 0 aliphatic carbocycles. The molecule has 1 aliphatic rings. The van der Waals surface area contributed by atoms with Gasteiger partial charge in [-0.2, -0.15) is 9.78 Å². The van der Waals surface area contributed by atoms with E-state index in [4.69, 9.17) is 9.47 Å². The van der Waals surface area contributed by atoms with E-state index in [1.165, 1.54) is 4.68 Å². The van der Waals surface area contributed by atoms with Crippen LogP contribution < -0.4 is 15.0 Å². The molecule has 33 heavy (non-hydrogen) atoms. The first-order valence-corrected chi connectivity index (χ1v) is 10.7. The minimum Gasteiger partial charge on any atom is -0.493 e. The molecule has 0 unspecified atom stereocenters. The third-order valence-corrected chi connectivity index (χ3v) is 6.01. The van der Waals surface area contributed by atoms with Crippen molar-refractivity contribution in [3.8, 4) is 17.2 Å². The number of aromatic nitrogens is 2. The summed E-state index contributed by atoms with van der Waals surface area (Å²) in [5.74, 6) is 1.10. The topological polar surface area (TPSA) is 73.7 Å². The van der Waals surface area contributed by atoms with Crippen molar-refractivity contribution in [3.05, 3.63) is 93.9 Å². The fourth-order valence-electron chi connectivity index (χ4n) is 4.30. The second kappa shape index (κ2) is 8.43. The zero-order valence-electron chi connectivity index (χ0n) is 18.4. The minimum atomic E-state index is -0.255. The van der Waals surface area contributed by atoms with Gasteiger partial charge >= 0.3 is 0 Å². The predicted molar refractivity (Wildman–Crippen MR) is 125 cm³/mol. The van der Waals surface area contributed by atoms with Crippen molar-refractivity contribution >= 4 is 16.7 Å². The summed E-state index contributed by atoms with van der Waals surface area (Å²) >= 11 is 0. The molecule has 7 heteroatoms. The average Bonchev–Trinajstić information content (AvgIpc) is 2.88. The summed E-state index contributed by atoms with van der Waals surface area (Å²) in [5, 5.41) is 5.55. The Morgan fingerprint density at radius 1 is 0.879 bits per heavy atom. The molecule has 0 spiro atoms. The van der Waals surface area contributed by atoms with E-state index in [1.807, 2.05) is 36.4 Å². The molecule has 5 rings (SSSR count). The Kier molecular flexibility index (Phi) is 5.30. The van der Waals surface area contributed by atoms with Crippen molar-refractivity contribution in [1.29, 1.82) is 0 Å². The lowest BCUT2D eigenvalue weighted by molar-refractivity contribution is 0.0728. The number of carbonyl (C=O) groups is 1. The summed E-state index contributed by atoms with van der Waals surface area (Å²) in [6.07, 6.45) is 0.692. The van der Waals surface area contributed by atoms with Gasteiger partial charge in [-0.15, -0.1) is 0 Å². The van der Waals surface area contributed by atoms with Crippen molar-refractivity contribution in [2.45, 2.75) is 13.0 Å². The molecule has 0 saturated heterocycles. The monoisotopic (exact) mass is 441 g/mol. The molecule has 1 aliphatic heterocycles. The van der Waals surface area contributed by atoms with E-state index in [9.17, 15) is 9.59 Å². The molecule has 166 valence electrons. The normalized spacial score (nSPS) is 13.0. The van der Waals surface area contributed by atoms with E-state index in [0.29, 0.717) is 47.5 Å². The first-order chi connectivity index (χ1) is 16.1. The zero-order chi connectivity index (χ0) is 22.9. The van der Waals surface area contributed by atoms with Gasteiger partial charge in [0, 0.05) is 18.5 Å².